The van der Waals surface area contributed by atoms with E-state index >= 15 is 0 Å². The minimum Gasteiger partial charge on any atom is -0.453 e. The van der Waals surface area contributed by atoms with Gasteiger partial charge in [-0.3, -0.25) is 14.4 Å². The molecule has 3 atom stereocenters. The van der Waals surface area contributed by atoms with Crippen LogP contribution < -0.4 is 5.56 Å². The summed E-state index contributed by atoms with van der Waals surface area (Å²) in [6.45, 7) is 5.68. The lowest BCUT2D eigenvalue weighted by Gasteiger charge is -2.40. The van der Waals surface area contributed by atoms with E-state index in [1.165, 1.54) is 0 Å². The van der Waals surface area contributed by atoms with E-state index in [0.717, 1.165) is 19.3 Å². The Morgan fingerprint density at radius 3 is 2.64 bits per heavy atom. The number of H-pyrrole nitrogens is 1. The Hall–Kier alpha value is -2.70. The van der Waals surface area contributed by atoms with Gasteiger partial charge < -0.3 is 14.6 Å². The highest BCUT2D eigenvalue weighted by molar-refractivity contribution is 5.84. The van der Waals surface area contributed by atoms with E-state index in [0.29, 0.717) is 16.7 Å². The lowest BCUT2D eigenvalue weighted by Crippen LogP contribution is -2.51. The second-order valence-corrected chi connectivity index (χ2v) is 7.54. The molecular formula is C21H27N3O4. The molecule has 2 aromatic rings. The van der Waals surface area contributed by atoms with Crippen LogP contribution in [0.3, 0.4) is 0 Å². The largest absolute Gasteiger partial charge is 0.453 e. The van der Waals surface area contributed by atoms with Crippen LogP contribution in [0.15, 0.2) is 29.1 Å². The fraction of sp³-hybridized carbons (Fsp3) is 0.524. The van der Waals surface area contributed by atoms with Crippen molar-refractivity contribution >= 4 is 22.8 Å². The molecule has 1 amide bonds. The van der Waals surface area contributed by atoms with Gasteiger partial charge in [0, 0.05) is 18.5 Å². The van der Waals surface area contributed by atoms with Crippen LogP contribution >= 0.6 is 0 Å². The highest BCUT2D eigenvalue weighted by Gasteiger charge is 2.33. The standard InChI is InChI=1S/C21H27N3O4/c1-13-7-6-8-14(2)24(13)21(27)15(3)28-19(25)12-11-18-22-17-10-5-4-9-16(17)20(26)23-18/h4-5,9-10,13-15H,6-8,11-12H2,1-3H3,(H,22,23,26)/t13-,14-,15+/m0/s1. The lowest BCUT2D eigenvalue weighted by molar-refractivity contribution is -0.162. The predicted molar refractivity (Wildman–Crippen MR) is 106 cm³/mol. The molecule has 0 unspecified atom stereocenters. The maximum atomic E-state index is 12.7. The Labute approximate surface area is 164 Å². The fourth-order valence-electron chi connectivity index (χ4n) is 3.85. The van der Waals surface area contributed by atoms with Gasteiger partial charge in [-0.15, -0.1) is 0 Å². The molecule has 1 aromatic carbocycles. The average Bonchev–Trinajstić information content (AvgIpc) is 2.66. The maximum absolute atomic E-state index is 12.7. The van der Waals surface area contributed by atoms with Crippen LogP contribution in [0.25, 0.3) is 10.9 Å². The minimum absolute atomic E-state index is 0.0456. The lowest BCUT2D eigenvalue weighted by atomic mass is 9.97. The Bertz CT molecular complexity index is 913. The molecule has 1 N–H and O–H groups in total. The summed E-state index contributed by atoms with van der Waals surface area (Å²) in [5.41, 5.74) is 0.358. The van der Waals surface area contributed by atoms with E-state index in [4.69, 9.17) is 4.74 Å². The van der Waals surface area contributed by atoms with Crippen LogP contribution in [0.1, 0.15) is 52.3 Å². The number of nitrogens with zero attached hydrogens (tertiary/aromatic N) is 2. The van der Waals surface area contributed by atoms with Gasteiger partial charge in [0.15, 0.2) is 6.10 Å². The molecule has 0 aliphatic carbocycles. The molecule has 3 rings (SSSR count). The summed E-state index contributed by atoms with van der Waals surface area (Å²) in [4.78, 5) is 45.9. The smallest absolute Gasteiger partial charge is 0.307 e. The van der Waals surface area contributed by atoms with Crippen LogP contribution in [0.5, 0.6) is 0 Å². The first-order chi connectivity index (χ1) is 13.4. The van der Waals surface area contributed by atoms with Gasteiger partial charge in [0.25, 0.3) is 11.5 Å². The number of hydrogen-bond acceptors (Lipinski definition) is 5. The number of amides is 1. The first kappa shape index (κ1) is 20.0. The molecule has 7 heteroatoms. The molecular weight excluding hydrogens is 358 g/mol. The van der Waals surface area contributed by atoms with Gasteiger partial charge in [0.1, 0.15) is 5.82 Å². The quantitative estimate of drug-likeness (QED) is 0.799. The van der Waals surface area contributed by atoms with E-state index in [1.807, 2.05) is 24.8 Å². The van der Waals surface area contributed by atoms with Gasteiger partial charge in [0.2, 0.25) is 0 Å². The van der Waals surface area contributed by atoms with E-state index in [-0.39, 0.29) is 36.4 Å². The third kappa shape index (κ3) is 4.40. The SMILES string of the molecule is C[C@@H](OC(=O)CCc1nc2ccccc2c(=O)[nH]1)C(=O)N1[C@@H](C)CCC[C@@H]1C. The van der Waals surface area contributed by atoms with Gasteiger partial charge in [0.05, 0.1) is 17.3 Å². The van der Waals surface area contributed by atoms with E-state index < -0.39 is 12.1 Å². The van der Waals surface area contributed by atoms with Crippen LogP contribution in [0.2, 0.25) is 0 Å². The number of aromatic amines is 1. The first-order valence-electron chi connectivity index (χ1n) is 9.86. The highest BCUT2D eigenvalue weighted by Crippen LogP contribution is 2.23. The number of aryl methyl sites for hydroxylation is 1. The van der Waals surface area contributed by atoms with Crippen molar-refractivity contribution < 1.29 is 14.3 Å². The molecule has 0 radical (unpaired) electrons. The fourth-order valence-corrected chi connectivity index (χ4v) is 3.85. The molecule has 7 nitrogen and oxygen atoms in total. The van der Waals surface area contributed by atoms with Gasteiger partial charge >= 0.3 is 5.97 Å². The maximum Gasteiger partial charge on any atom is 0.307 e. The normalized spacial score (nSPS) is 20.8. The van der Waals surface area contributed by atoms with Crippen molar-refractivity contribution in [2.75, 3.05) is 0 Å². The molecule has 1 aliphatic heterocycles. The van der Waals surface area contributed by atoms with Gasteiger partial charge in [-0.25, -0.2) is 4.98 Å². The monoisotopic (exact) mass is 385 g/mol. The number of carbonyl (C=O) groups is 2. The molecule has 1 aliphatic rings. The Balaban J connectivity index is 1.58. The van der Waals surface area contributed by atoms with Crippen molar-refractivity contribution in [3.63, 3.8) is 0 Å². The predicted octanol–water partition coefficient (Wildman–Crippen LogP) is 2.58. The number of fused-ring (bicyclic) bond motifs is 1. The summed E-state index contributed by atoms with van der Waals surface area (Å²) < 4.78 is 5.35. The van der Waals surface area contributed by atoms with Crippen molar-refractivity contribution in [3.05, 3.63) is 40.4 Å². The van der Waals surface area contributed by atoms with Crippen molar-refractivity contribution in [2.45, 2.75) is 71.1 Å². The number of nitrogens with one attached hydrogen (secondary N) is 1. The Morgan fingerprint density at radius 2 is 1.93 bits per heavy atom. The molecule has 2 heterocycles. The molecule has 28 heavy (non-hydrogen) atoms. The third-order valence-corrected chi connectivity index (χ3v) is 5.33. The Kier molecular flexibility index (Phi) is 6.11. The summed E-state index contributed by atoms with van der Waals surface area (Å²) in [6, 6.07) is 7.36. The number of rotatable bonds is 5. The second kappa shape index (κ2) is 8.54. The van der Waals surface area contributed by atoms with E-state index in [9.17, 15) is 14.4 Å². The number of esters is 1. The molecule has 0 spiro atoms. The molecule has 150 valence electrons. The van der Waals surface area contributed by atoms with Gasteiger partial charge in [-0.05, 0) is 52.2 Å². The first-order valence-corrected chi connectivity index (χ1v) is 9.86. The zero-order valence-corrected chi connectivity index (χ0v) is 16.6. The second-order valence-electron chi connectivity index (χ2n) is 7.54. The van der Waals surface area contributed by atoms with Crippen LogP contribution in [0.4, 0.5) is 0 Å². The summed E-state index contributed by atoms with van der Waals surface area (Å²) in [5.74, 6) is -0.197. The number of piperidine rings is 1. The van der Waals surface area contributed by atoms with E-state index in [1.54, 1.807) is 25.1 Å². The molecule has 1 saturated heterocycles. The third-order valence-electron chi connectivity index (χ3n) is 5.33. The average molecular weight is 385 g/mol. The zero-order valence-electron chi connectivity index (χ0n) is 16.6. The van der Waals surface area contributed by atoms with Crippen molar-refractivity contribution in [2.24, 2.45) is 0 Å². The summed E-state index contributed by atoms with van der Waals surface area (Å²) in [6.07, 6.45) is 2.52. The molecule has 1 fully saturated rings. The van der Waals surface area contributed by atoms with Crippen LogP contribution in [-0.2, 0) is 20.7 Å². The number of hydrogen-bond donors (Lipinski definition) is 1. The van der Waals surface area contributed by atoms with Crippen molar-refractivity contribution in [1.29, 1.82) is 0 Å². The van der Waals surface area contributed by atoms with Gasteiger partial charge in [-0.1, -0.05) is 12.1 Å². The Morgan fingerprint density at radius 1 is 1.25 bits per heavy atom. The molecule has 0 saturated carbocycles. The molecule has 0 bridgehead atoms. The summed E-state index contributed by atoms with van der Waals surface area (Å²) >= 11 is 0. The van der Waals surface area contributed by atoms with Crippen LogP contribution in [0, 0.1) is 0 Å². The van der Waals surface area contributed by atoms with Crippen molar-refractivity contribution in [3.8, 4) is 0 Å². The van der Waals surface area contributed by atoms with Crippen molar-refractivity contribution in [1.82, 2.24) is 14.9 Å². The minimum atomic E-state index is -0.820. The zero-order chi connectivity index (χ0) is 20.3. The summed E-state index contributed by atoms with van der Waals surface area (Å²) in [5, 5.41) is 0.512. The van der Waals surface area contributed by atoms with Gasteiger partial charge in [-0.2, -0.15) is 0 Å². The summed E-state index contributed by atoms with van der Waals surface area (Å²) in [7, 11) is 0. The molecule has 1 aromatic heterocycles. The number of carbonyl (C=O) groups excluding carboxylic acids is 2. The highest BCUT2D eigenvalue weighted by atomic mass is 16.5. The number of likely N-dealkylation sites (tertiary alicyclic amines) is 1. The van der Waals surface area contributed by atoms with E-state index in [2.05, 4.69) is 9.97 Å². The number of aromatic nitrogens is 2. The number of benzene rings is 1. The number of ether oxygens (including phenoxy) is 1. The topological polar surface area (TPSA) is 92.4 Å². The van der Waals surface area contributed by atoms with Crippen LogP contribution in [-0.4, -0.2) is 44.9 Å². The number of para-hydroxylation sites is 1.